The van der Waals surface area contributed by atoms with E-state index in [0.717, 1.165) is 47.6 Å². The third kappa shape index (κ3) is 3.80. The maximum atomic E-state index is 14.8. The predicted molar refractivity (Wildman–Crippen MR) is 134 cm³/mol. The van der Waals surface area contributed by atoms with Gasteiger partial charge in [0.1, 0.15) is 5.82 Å². The minimum atomic E-state index is -2.90. The summed E-state index contributed by atoms with van der Waals surface area (Å²) in [4.78, 5) is 17.7. The van der Waals surface area contributed by atoms with Gasteiger partial charge in [0.2, 0.25) is 5.91 Å². The van der Waals surface area contributed by atoms with Crippen molar-refractivity contribution in [2.45, 2.75) is 58.0 Å². The number of aromatic nitrogens is 2. The van der Waals surface area contributed by atoms with Gasteiger partial charge in [-0.2, -0.15) is 5.10 Å². The van der Waals surface area contributed by atoms with Crippen LogP contribution in [0.3, 0.4) is 0 Å². The number of anilines is 2. The largest absolute Gasteiger partial charge is 0.361 e. The van der Waals surface area contributed by atoms with Crippen LogP contribution in [0.1, 0.15) is 62.0 Å². The first-order chi connectivity index (χ1) is 17.0. The van der Waals surface area contributed by atoms with E-state index < -0.39 is 29.3 Å². The Morgan fingerprint density at radius 1 is 1.14 bits per heavy atom. The van der Waals surface area contributed by atoms with E-state index >= 15 is 0 Å². The Morgan fingerprint density at radius 3 is 2.53 bits per heavy atom. The number of aryl methyl sites for hydroxylation is 1. The number of carbonyl (C=O) groups excluding carboxylic acids is 1. The minimum Gasteiger partial charge on any atom is -0.361 e. The van der Waals surface area contributed by atoms with E-state index in [4.69, 9.17) is 0 Å². The van der Waals surface area contributed by atoms with Crippen molar-refractivity contribution in [2.75, 3.05) is 30.4 Å². The fourth-order valence-electron chi connectivity index (χ4n) is 5.49. The zero-order chi connectivity index (χ0) is 25.9. The second-order valence-electron chi connectivity index (χ2n) is 10.5. The molecule has 2 aliphatic heterocycles. The van der Waals surface area contributed by atoms with Gasteiger partial charge >= 0.3 is 0 Å². The molecule has 9 heteroatoms. The molecule has 190 valence electrons. The molecular weight excluding hydrogens is 467 g/mol. The summed E-state index contributed by atoms with van der Waals surface area (Å²) < 4.78 is 41.3. The first-order valence-corrected chi connectivity index (χ1v) is 12.2. The van der Waals surface area contributed by atoms with E-state index in [1.807, 2.05) is 37.8 Å². The summed E-state index contributed by atoms with van der Waals surface area (Å²) in [7, 11) is 2.05. The highest BCUT2D eigenvalue weighted by atomic mass is 19.3. The fraction of sp³-hybridized carbons (Fsp3) is 0.444. The van der Waals surface area contributed by atoms with Crippen LogP contribution in [-0.2, 0) is 10.2 Å². The van der Waals surface area contributed by atoms with Crippen LogP contribution in [0.4, 0.5) is 24.7 Å². The Hall–Kier alpha value is -3.20. The fourth-order valence-corrected chi connectivity index (χ4v) is 5.49. The van der Waals surface area contributed by atoms with Crippen LogP contribution in [0.25, 0.3) is 10.8 Å². The van der Waals surface area contributed by atoms with E-state index in [9.17, 15) is 18.0 Å². The van der Waals surface area contributed by atoms with Crippen molar-refractivity contribution in [1.29, 1.82) is 0 Å². The Morgan fingerprint density at radius 2 is 1.86 bits per heavy atom. The van der Waals surface area contributed by atoms with Gasteiger partial charge in [0, 0.05) is 28.6 Å². The van der Waals surface area contributed by atoms with Crippen LogP contribution in [-0.4, -0.2) is 47.2 Å². The van der Waals surface area contributed by atoms with Crippen LogP contribution >= 0.6 is 0 Å². The molecular formula is C27H30F3N5O. The monoisotopic (exact) mass is 497 g/mol. The highest BCUT2D eigenvalue weighted by Gasteiger charge is 2.47. The zero-order valence-electron chi connectivity index (χ0n) is 21.1. The molecule has 1 aromatic heterocycles. The summed E-state index contributed by atoms with van der Waals surface area (Å²) in [6.07, 6.45) is -2.01. The number of benzene rings is 2. The van der Waals surface area contributed by atoms with Gasteiger partial charge in [-0.3, -0.25) is 4.79 Å². The van der Waals surface area contributed by atoms with Gasteiger partial charge in [0.25, 0.3) is 6.43 Å². The lowest BCUT2D eigenvalue weighted by Crippen LogP contribution is -2.44. The summed E-state index contributed by atoms with van der Waals surface area (Å²) in [6, 6.07) is 7.42. The number of likely N-dealkylation sites (N-methyl/N-ethyl adjacent to an activating group) is 1. The van der Waals surface area contributed by atoms with Gasteiger partial charge < -0.3 is 15.1 Å². The lowest BCUT2D eigenvalue weighted by Gasteiger charge is -2.27. The molecule has 36 heavy (non-hydrogen) atoms. The SMILES string of the molecule is Cc1nnc(N[C@H](C)c2cccc(C(F)F)c2F)c2cc3c(cc12)C(C)(C)C(=O)N3[C@@H]1CCN(C)C1. The molecule has 3 heterocycles. The van der Waals surface area contributed by atoms with Crippen LogP contribution < -0.4 is 10.2 Å². The Kier molecular flexibility index (Phi) is 5.94. The maximum absolute atomic E-state index is 14.8. The Balaban J connectivity index is 1.60. The van der Waals surface area contributed by atoms with E-state index in [1.54, 1.807) is 6.92 Å². The number of hydrogen-bond acceptors (Lipinski definition) is 5. The average Bonchev–Trinajstić information content (AvgIpc) is 3.33. The van der Waals surface area contributed by atoms with E-state index in [0.29, 0.717) is 11.5 Å². The van der Waals surface area contributed by atoms with Crippen molar-refractivity contribution in [1.82, 2.24) is 15.1 Å². The lowest BCUT2D eigenvalue weighted by atomic mass is 9.85. The molecule has 0 unspecified atom stereocenters. The van der Waals surface area contributed by atoms with Gasteiger partial charge in [-0.25, -0.2) is 13.2 Å². The number of likely N-dealkylation sites (tertiary alicyclic amines) is 1. The molecule has 1 N–H and O–H groups in total. The number of halogens is 3. The summed E-state index contributed by atoms with van der Waals surface area (Å²) in [5.74, 6) is -0.449. The molecule has 2 atom stereocenters. The molecule has 1 fully saturated rings. The molecule has 3 aromatic rings. The van der Waals surface area contributed by atoms with Crippen LogP contribution in [0.15, 0.2) is 30.3 Å². The van der Waals surface area contributed by atoms with E-state index in [1.165, 1.54) is 12.1 Å². The summed E-state index contributed by atoms with van der Waals surface area (Å²) in [5.41, 5.74) is 1.32. The topological polar surface area (TPSA) is 61.4 Å². The number of hydrogen-bond donors (Lipinski definition) is 1. The average molecular weight is 498 g/mol. The van der Waals surface area contributed by atoms with Crippen molar-refractivity contribution < 1.29 is 18.0 Å². The number of alkyl halides is 2. The van der Waals surface area contributed by atoms with Crippen molar-refractivity contribution >= 4 is 28.2 Å². The molecule has 1 saturated heterocycles. The third-order valence-corrected chi connectivity index (χ3v) is 7.61. The van der Waals surface area contributed by atoms with Crippen molar-refractivity contribution in [2.24, 2.45) is 0 Å². The van der Waals surface area contributed by atoms with Gasteiger partial charge in [0.05, 0.1) is 28.8 Å². The number of rotatable bonds is 5. The normalized spacial score (nSPS) is 20.4. The molecule has 2 aliphatic rings. The second-order valence-corrected chi connectivity index (χ2v) is 10.5. The number of carbonyl (C=O) groups is 1. The van der Waals surface area contributed by atoms with Crippen LogP contribution in [0.2, 0.25) is 0 Å². The number of fused-ring (bicyclic) bond motifs is 2. The number of nitrogens with zero attached hydrogens (tertiary/aromatic N) is 4. The van der Waals surface area contributed by atoms with Crippen molar-refractivity contribution in [3.63, 3.8) is 0 Å². The lowest BCUT2D eigenvalue weighted by molar-refractivity contribution is -0.122. The molecule has 2 aromatic carbocycles. The van der Waals surface area contributed by atoms with Crippen LogP contribution in [0.5, 0.6) is 0 Å². The smallest absolute Gasteiger partial charge is 0.266 e. The highest BCUT2D eigenvalue weighted by molar-refractivity contribution is 6.11. The first-order valence-electron chi connectivity index (χ1n) is 12.2. The molecule has 5 rings (SSSR count). The maximum Gasteiger partial charge on any atom is 0.266 e. The molecule has 0 spiro atoms. The summed E-state index contributed by atoms with van der Waals surface area (Å²) >= 11 is 0. The number of amides is 1. The molecule has 6 nitrogen and oxygen atoms in total. The van der Waals surface area contributed by atoms with Crippen molar-refractivity contribution in [3.05, 3.63) is 58.5 Å². The third-order valence-electron chi connectivity index (χ3n) is 7.61. The molecule has 0 bridgehead atoms. The minimum absolute atomic E-state index is 0.0699. The van der Waals surface area contributed by atoms with Gasteiger partial charge in [-0.05, 0) is 65.4 Å². The van der Waals surface area contributed by atoms with Crippen LogP contribution in [0, 0.1) is 12.7 Å². The zero-order valence-corrected chi connectivity index (χ0v) is 21.1. The van der Waals surface area contributed by atoms with Crippen molar-refractivity contribution in [3.8, 4) is 0 Å². The molecule has 0 aliphatic carbocycles. The Labute approximate surface area is 208 Å². The first kappa shape index (κ1) is 24.5. The highest BCUT2D eigenvalue weighted by Crippen LogP contribution is 2.46. The quantitative estimate of drug-likeness (QED) is 0.503. The van der Waals surface area contributed by atoms with Gasteiger partial charge in [-0.15, -0.1) is 5.10 Å². The predicted octanol–water partition coefficient (Wildman–Crippen LogP) is 5.52. The van der Waals surface area contributed by atoms with E-state index in [-0.39, 0.29) is 17.5 Å². The summed E-state index contributed by atoms with van der Waals surface area (Å²) in [5, 5.41) is 13.4. The standard InChI is InChI=1S/C27H30F3N5O/c1-14(17-7-6-8-18(23(17)28)24(29)30)31-25-20-12-22-21(11-19(20)15(2)32-33-25)27(3,4)26(36)35(22)16-9-10-34(5)13-16/h6-8,11-12,14,16,24H,9-10,13H2,1-5H3,(H,31,33)/t14-,16-/m1/s1. The molecule has 0 radical (unpaired) electrons. The van der Waals surface area contributed by atoms with Gasteiger partial charge in [-0.1, -0.05) is 18.2 Å². The molecule has 1 amide bonds. The number of nitrogens with one attached hydrogen (secondary N) is 1. The van der Waals surface area contributed by atoms with Gasteiger partial charge in [0.15, 0.2) is 5.82 Å². The molecule has 0 saturated carbocycles. The Bertz CT molecular complexity index is 1360. The van der Waals surface area contributed by atoms with E-state index in [2.05, 4.69) is 27.5 Å². The second kappa shape index (κ2) is 8.73. The summed E-state index contributed by atoms with van der Waals surface area (Å²) in [6.45, 7) is 9.17.